The minimum atomic E-state index is -0.358. The lowest BCUT2D eigenvalue weighted by Crippen LogP contribution is -2.35. The maximum absolute atomic E-state index is 11.5. The van der Waals surface area contributed by atoms with Crippen LogP contribution in [-0.2, 0) is 9.59 Å². The van der Waals surface area contributed by atoms with Crippen LogP contribution in [0.15, 0.2) is 60.7 Å². The Labute approximate surface area is 122 Å². The molecule has 2 aromatic carbocycles. The zero-order chi connectivity index (χ0) is 14.8. The van der Waals surface area contributed by atoms with Crippen LogP contribution in [0.4, 0.5) is 5.69 Å². The average Bonchev–Trinajstić information content (AvgIpc) is 2.81. The first-order chi connectivity index (χ1) is 10.1. The number of carbonyl (C=O) groups is 2. The number of hydrogen-bond acceptors (Lipinski definition) is 3. The fourth-order valence-electron chi connectivity index (χ4n) is 2.26. The van der Waals surface area contributed by atoms with Crippen LogP contribution >= 0.6 is 0 Å². The van der Waals surface area contributed by atoms with E-state index in [1.165, 1.54) is 23.3 Å². The highest BCUT2D eigenvalue weighted by molar-refractivity contribution is 6.13. The van der Waals surface area contributed by atoms with Gasteiger partial charge in [0.15, 0.2) is 0 Å². The lowest BCUT2D eigenvalue weighted by molar-refractivity contribution is -0.135. The van der Waals surface area contributed by atoms with Crippen molar-refractivity contribution < 1.29 is 9.59 Å². The van der Waals surface area contributed by atoms with Gasteiger partial charge in [0.25, 0.3) is 11.8 Å². The lowest BCUT2D eigenvalue weighted by atomic mass is 10.0. The molecule has 0 aromatic heterocycles. The third-order valence-corrected chi connectivity index (χ3v) is 3.39. The Morgan fingerprint density at radius 3 is 2.10 bits per heavy atom. The minimum absolute atomic E-state index is 0.358. The molecule has 2 aromatic rings. The fourth-order valence-corrected chi connectivity index (χ4v) is 2.26. The summed E-state index contributed by atoms with van der Waals surface area (Å²) >= 11 is 0. The molecule has 1 heterocycles. The van der Waals surface area contributed by atoms with E-state index in [4.69, 9.17) is 0 Å². The summed E-state index contributed by atoms with van der Waals surface area (Å²) in [6.07, 6.45) is 2.49. The Morgan fingerprint density at radius 2 is 1.48 bits per heavy atom. The number of anilines is 1. The van der Waals surface area contributed by atoms with Crippen LogP contribution in [0.2, 0.25) is 0 Å². The van der Waals surface area contributed by atoms with Gasteiger partial charge in [0, 0.05) is 12.2 Å². The monoisotopic (exact) mass is 278 g/mol. The molecule has 4 heteroatoms. The molecular weight excluding hydrogens is 264 g/mol. The molecule has 0 aliphatic carbocycles. The number of nitrogens with one attached hydrogen (secondary N) is 1. The average molecular weight is 278 g/mol. The molecule has 2 amide bonds. The number of nitrogens with zero attached hydrogens (tertiary/aromatic N) is 1. The first-order valence-corrected chi connectivity index (χ1v) is 6.64. The second-order valence-corrected chi connectivity index (χ2v) is 4.85. The summed E-state index contributed by atoms with van der Waals surface area (Å²) in [5, 5.41) is 0.989. The van der Waals surface area contributed by atoms with Crippen molar-refractivity contribution in [2.75, 3.05) is 5.43 Å². The van der Waals surface area contributed by atoms with Gasteiger partial charge in [-0.25, -0.2) is 0 Å². The van der Waals surface area contributed by atoms with Crippen LogP contribution in [0.25, 0.3) is 11.1 Å². The Morgan fingerprint density at radius 1 is 0.857 bits per heavy atom. The molecule has 0 atom stereocenters. The predicted octanol–water partition coefficient (Wildman–Crippen LogP) is 2.91. The number of aryl methyl sites for hydroxylation is 1. The summed E-state index contributed by atoms with van der Waals surface area (Å²) in [4.78, 5) is 23.0. The second kappa shape index (κ2) is 5.25. The number of imide groups is 1. The largest absolute Gasteiger partial charge is 0.288 e. The molecule has 0 unspecified atom stereocenters. The van der Waals surface area contributed by atoms with Gasteiger partial charge >= 0.3 is 0 Å². The van der Waals surface area contributed by atoms with E-state index in [9.17, 15) is 9.59 Å². The van der Waals surface area contributed by atoms with Gasteiger partial charge in [-0.2, -0.15) is 5.01 Å². The highest BCUT2D eigenvalue weighted by atomic mass is 16.2. The molecule has 1 aliphatic rings. The molecule has 0 fully saturated rings. The van der Waals surface area contributed by atoms with Gasteiger partial charge < -0.3 is 0 Å². The molecular formula is C17H14N2O2. The molecule has 1 N–H and O–H groups in total. The van der Waals surface area contributed by atoms with E-state index in [0.29, 0.717) is 5.69 Å². The van der Waals surface area contributed by atoms with Gasteiger partial charge in [0.05, 0.1) is 5.69 Å². The summed E-state index contributed by atoms with van der Waals surface area (Å²) in [5.74, 6) is -0.717. The van der Waals surface area contributed by atoms with Crippen molar-refractivity contribution in [1.29, 1.82) is 0 Å². The number of hydrazine groups is 1. The molecule has 0 bridgehead atoms. The quantitative estimate of drug-likeness (QED) is 0.878. The molecule has 0 spiro atoms. The van der Waals surface area contributed by atoms with Crippen molar-refractivity contribution in [3.05, 3.63) is 66.2 Å². The van der Waals surface area contributed by atoms with Crippen LogP contribution in [0.3, 0.4) is 0 Å². The SMILES string of the molecule is Cc1ccccc1-c1ccc(NN2C(=O)C=CC2=O)cc1. The number of benzene rings is 2. The predicted molar refractivity (Wildman–Crippen MR) is 81.2 cm³/mol. The summed E-state index contributed by atoms with van der Waals surface area (Å²) in [5.41, 5.74) is 6.96. The van der Waals surface area contributed by atoms with Crippen LogP contribution in [0, 0.1) is 6.92 Å². The van der Waals surface area contributed by atoms with Crippen LogP contribution < -0.4 is 5.43 Å². The number of rotatable bonds is 3. The van der Waals surface area contributed by atoms with E-state index in [-0.39, 0.29) is 11.8 Å². The smallest absolute Gasteiger partial charge is 0.272 e. The van der Waals surface area contributed by atoms with Crippen molar-refractivity contribution in [1.82, 2.24) is 5.01 Å². The Kier molecular flexibility index (Phi) is 3.28. The molecule has 0 saturated heterocycles. The third kappa shape index (κ3) is 2.56. The van der Waals surface area contributed by atoms with Gasteiger partial charge in [-0.15, -0.1) is 0 Å². The zero-order valence-electron chi connectivity index (χ0n) is 11.5. The van der Waals surface area contributed by atoms with Crippen LogP contribution in [-0.4, -0.2) is 16.8 Å². The van der Waals surface area contributed by atoms with Crippen LogP contribution in [0.5, 0.6) is 0 Å². The molecule has 0 saturated carbocycles. The van der Waals surface area contributed by atoms with Crippen molar-refractivity contribution >= 4 is 17.5 Å². The third-order valence-electron chi connectivity index (χ3n) is 3.39. The highest BCUT2D eigenvalue weighted by Gasteiger charge is 2.23. The van der Waals surface area contributed by atoms with Gasteiger partial charge in [-0.3, -0.25) is 15.0 Å². The van der Waals surface area contributed by atoms with E-state index < -0.39 is 0 Å². The second-order valence-electron chi connectivity index (χ2n) is 4.85. The number of hydrogen-bond donors (Lipinski definition) is 1. The zero-order valence-corrected chi connectivity index (χ0v) is 11.5. The number of amides is 2. The summed E-state index contributed by atoms with van der Waals surface area (Å²) in [6, 6.07) is 15.8. The van der Waals surface area contributed by atoms with Gasteiger partial charge in [0.2, 0.25) is 0 Å². The molecule has 3 rings (SSSR count). The van der Waals surface area contributed by atoms with Crippen LogP contribution in [0.1, 0.15) is 5.56 Å². The first-order valence-electron chi connectivity index (χ1n) is 6.64. The minimum Gasteiger partial charge on any atom is -0.288 e. The Hall–Kier alpha value is -2.88. The summed E-state index contributed by atoms with van der Waals surface area (Å²) in [7, 11) is 0. The molecule has 104 valence electrons. The van der Waals surface area contributed by atoms with Gasteiger partial charge in [0.1, 0.15) is 0 Å². The fraction of sp³-hybridized carbons (Fsp3) is 0.0588. The van der Waals surface area contributed by atoms with Gasteiger partial charge in [-0.05, 0) is 35.7 Å². The maximum atomic E-state index is 11.5. The highest BCUT2D eigenvalue weighted by Crippen LogP contribution is 2.24. The maximum Gasteiger partial charge on any atom is 0.272 e. The molecule has 0 radical (unpaired) electrons. The van der Waals surface area contributed by atoms with Crippen molar-refractivity contribution in [3.63, 3.8) is 0 Å². The van der Waals surface area contributed by atoms with Gasteiger partial charge in [-0.1, -0.05) is 36.4 Å². The number of carbonyl (C=O) groups excluding carboxylic acids is 2. The van der Waals surface area contributed by atoms with Crippen molar-refractivity contribution in [3.8, 4) is 11.1 Å². The molecule has 4 nitrogen and oxygen atoms in total. The normalized spacial score (nSPS) is 13.9. The molecule has 1 aliphatic heterocycles. The Bertz CT molecular complexity index is 715. The Balaban J connectivity index is 1.80. The van der Waals surface area contributed by atoms with E-state index in [1.807, 2.05) is 36.4 Å². The summed E-state index contributed by atoms with van der Waals surface area (Å²) in [6.45, 7) is 2.06. The molecule has 21 heavy (non-hydrogen) atoms. The standard InChI is InChI=1S/C17H14N2O2/c1-12-4-2-3-5-15(12)13-6-8-14(9-7-13)18-19-16(20)10-11-17(19)21/h2-11,18H,1H3. The van der Waals surface area contributed by atoms with E-state index in [2.05, 4.69) is 24.5 Å². The van der Waals surface area contributed by atoms with E-state index in [0.717, 1.165) is 10.6 Å². The van der Waals surface area contributed by atoms with E-state index in [1.54, 1.807) is 0 Å². The topological polar surface area (TPSA) is 49.4 Å². The first kappa shape index (κ1) is 13.1. The lowest BCUT2D eigenvalue weighted by Gasteiger charge is -2.16. The van der Waals surface area contributed by atoms with Crippen molar-refractivity contribution in [2.45, 2.75) is 6.92 Å². The summed E-state index contributed by atoms with van der Waals surface area (Å²) < 4.78 is 0. The van der Waals surface area contributed by atoms with E-state index >= 15 is 0 Å². The van der Waals surface area contributed by atoms with Crippen molar-refractivity contribution in [2.24, 2.45) is 0 Å².